The van der Waals surface area contributed by atoms with E-state index in [9.17, 15) is 4.79 Å². The molecular weight excluding hydrogens is 428 g/mol. The van der Waals surface area contributed by atoms with E-state index < -0.39 is 0 Å². The number of ether oxygens (including phenoxy) is 1. The lowest BCUT2D eigenvalue weighted by molar-refractivity contribution is 0.252. The molecule has 7 heteroatoms. The zero-order chi connectivity index (χ0) is 23.5. The molecule has 5 rings (SSSR count). The SMILES string of the molecule is Cc1noc(C)c1-c1cc2ccc(=O)n(Cc3ccccn3)c2cc1OCCC1CCNCC1. The minimum atomic E-state index is -0.0658. The quantitative estimate of drug-likeness (QED) is 0.440. The average Bonchev–Trinajstić information content (AvgIpc) is 3.19. The number of benzene rings is 1. The van der Waals surface area contributed by atoms with Crippen molar-refractivity contribution in [2.75, 3.05) is 19.7 Å². The maximum Gasteiger partial charge on any atom is 0.251 e. The summed E-state index contributed by atoms with van der Waals surface area (Å²) in [6.07, 6.45) is 5.12. The van der Waals surface area contributed by atoms with Crippen molar-refractivity contribution in [3.8, 4) is 16.9 Å². The van der Waals surface area contributed by atoms with Crippen LogP contribution in [0.3, 0.4) is 0 Å². The van der Waals surface area contributed by atoms with E-state index in [2.05, 4.69) is 21.5 Å². The second-order valence-corrected chi connectivity index (χ2v) is 9.02. The third-order valence-electron chi connectivity index (χ3n) is 6.68. The zero-order valence-corrected chi connectivity index (χ0v) is 19.7. The van der Waals surface area contributed by atoms with Crippen molar-refractivity contribution in [3.63, 3.8) is 0 Å². The van der Waals surface area contributed by atoms with E-state index in [0.29, 0.717) is 19.1 Å². The predicted molar refractivity (Wildman–Crippen MR) is 132 cm³/mol. The normalized spacial score (nSPS) is 14.5. The van der Waals surface area contributed by atoms with Crippen LogP contribution in [0.1, 0.15) is 36.4 Å². The van der Waals surface area contributed by atoms with Crippen LogP contribution in [0.15, 0.2) is 58.0 Å². The number of hydrogen-bond donors (Lipinski definition) is 1. The van der Waals surface area contributed by atoms with Crippen LogP contribution < -0.4 is 15.6 Å². The van der Waals surface area contributed by atoms with Crippen LogP contribution in [0, 0.1) is 19.8 Å². The van der Waals surface area contributed by atoms with E-state index in [-0.39, 0.29) is 5.56 Å². The molecule has 4 aromatic rings. The highest BCUT2D eigenvalue weighted by atomic mass is 16.5. The molecule has 0 atom stereocenters. The molecule has 1 fully saturated rings. The molecule has 0 spiro atoms. The third-order valence-corrected chi connectivity index (χ3v) is 6.68. The van der Waals surface area contributed by atoms with Crippen molar-refractivity contribution in [1.29, 1.82) is 0 Å². The first-order valence-corrected chi connectivity index (χ1v) is 11.9. The fraction of sp³-hybridized carbons (Fsp3) is 0.370. The van der Waals surface area contributed by atoms with Crippen molar-refractivity contribution in [3.05, 3.63) is 76.2 Å². The van der Waals surface area contributed by atoms with Gasteiger partial charge in [-0.05, 0) is 81.8 Å². The van der Waals surface area contributed by atoms with Gasteiger partial charge >= 0.3 is 0 Å². The van der Waals surface area contributed by atoms with Crippen LogP contribution >= 0.6 is 0 Å². The summed E-state index contributed by atoms with van der Waals surface area (Å²) >= 11 is 0. The van der Waals surface area contributed by atoms with Gasteiger partial charge in [-0.15, -0.1) is 0 Å². The Morgan fingerprint density at radius 1 is 1.15 bits per heavy atom. The van der Waals surface area contributed by atoms with Gasteiger partial charge in [-0.3, -0.25) is 9.78 Å². The lowest BCUT2D eigenvalue weighted by Crippen LogP contribution is -2.28. The van der Waals surface area contributed by atoms with Crippen molar-refractivity contribution in [2.45, 2.75) is 39.7 Å². The topological polar surface area (TPSA) is 82.2 Å². The molecule has 0 aliphatic carbocycles. The first-order chi connectivity index (χ1) is 16.6. The smallest absolute Gasteiger partial charge is 0.251 e. The van der Waals surface area contributed by atoms with E-state index >= 15 is 0 Å². The largest absolute Gasteiger partial charge is 0.493 e. The fourth-order valence-corrected chi connectivity index (χ4v) is 4.83. The number of nitrogens with one attached hydrogen (secondary N) is 1. The van der Waals surface area contributed by atoms with Crippen LogP contribution in [0.2, 0.25) is 0 Å². The van der Waals surface area contributed by atoms with E-state index in [1.54, 1.807) is 16.8 Å². The molecule has 1 saturated heterocycles. The van der Waals surface area contributed by atoms with Gasteiger partial charge in [0.15, 0.2) is 0 Å². The van der Waals surface area contributed by atoms with Gasteiger partial charge in [-0.25, -0.2) is 0 Å². The Hall–Kier alpha value is -3.45. The lowest BCUT2D eigenvalue weighted by Gasteiger charge is -2.23. The molecule has 7 nitrogen and oxygen atoms in total. The Kier molecular flexibility index (Phi) is 6.45. The number of nitrogens with zero attached hydrogens (tertiary/aromatic N) is 3. The predicted octanol–water partition coefficient (Wildman–Crippen LogP) is 4.49. The average molecular weight is 459 g/mol. The molecule has 0 bridgehead atoms. The molecule has 4 heterocycles. The Bertz CT molecular complexity index is 1320. The second-order valence-electron chi connectivity index (χ2n) is 9.02. The van der Waals surface area contributed by atoms with Crippen molar-refractivity contribution in [1.82, 2.24) is 20.0 Å². The highest BCUT2D eigenvalue weighted by molar-refractivity contribution is 5.89. The standard InChI is InChI=1S/C27H30N4O3/c1-18-27(19(2)34-30-18)23-15-21-6-7-26(32)31(17-22-5-3-4-11-29-22)24(21)16-25(23)33-14-10-20-8-12-28-13-9-20/h3-7,11,15-16,20,28H,8-10,12-14,17H2,1-2H3. The van der Waals surface area contributed by atoms with Crippen molar-refractivity contribution < 1.29 is 9.26 Å². The summed E-state index contributed by atoms with van der Waals surface area (Å²) in [6, 6.07) is 13.3. The van der Waals surface area contributed by atoms with Crippen LogP contribution in [-0.4, -0.2) is 34.4 Å². The highest BCUT2D eigenvalue weighted by Gasteiger charge is 2.20. The van der Waals surface area contributed by atoms with E-state index in [1.807, 2.05) is 44.2 Å². The Morgan fingerprint density at radius 2 is 2.00 bits per heavy atom. The van der Waals surface area contributed by atoms with Gasteiger partial charge < -0.3 is 19.1 Å². The number of rotatable bonds is 7. The number of fused-ring (bicyclic) bond motifs is 1. The molecule has 1 N–H and O–H groups in total. The molecule has 0 saturated carbocycles. The first-order valence-electron chi connectivity index (χ1n) is 11.9. The van der Waals surface area contributed by atoms with E-state index in [0.717, 1.165) is 64.4 Å². The summed E-state index contributed by atoms with van der Waals surface area (Å²) in [6.45, 7) is 7.03. The fourth-order valence-electron chi connectivity index (χ4n) is 4.83. The number of hydrogen-bond acceptors (Lipinski definition) is 6. The lowest BCUT2D eigenvalue weighted by atomic mass is 9.95. The number of aryl methyl sites for hydroxylation is 2. The molecule has 0 unspecified atom stereocenters. The third kappa shape index (κ3) is 4.61. The number of pyridine rings is 2. The molecule has 176 valence electrons. The maximum atomic E-state index is 12.9. The van der Waals surface area contributed by atoms with Gasteiger partial charge in [-0.2, -0.15) is 0 Å². The number of aromatic nitrogens is 3. The Labute approximate surface area is 198 Å². The molecule has 0 amide bonds. The molecule has 0 radical (unpaired) electrons. The maximum absolute atomic E-state index is 12.9. The van der Waals surface area contributed by atoms with Gasteiger partial charge in [0.2, 0.25) is 0 Å². The number of piperidine rings is 1. The summed E-state index contributed by atoms with van der Waals surface area (Å²) in [5, 5.41) is 8.53. The summed E-state index contributed by atoms with van der Waals surface area (Å²) < 4.78 is 13.6. The molecule has 1 aliphatic heterocycles. The monoisotopic (exact) mass is 458 g/mol. The summed E-state index contributed by atoms with van der Waals surface area (Å²) in [4.78, 5) is 17.3. The van der Waals surface area contributed by atoms with Gasteiger partial charge in [-0.1, -0.05) is 11.2 Å². The Morgan fingerprint density at radius 3 is 2.74 bits per heavy atom. The van der Waals surface area contributed by atoms with E-state index in [4.69, 9.17) is 9.26 Å². The minimum absolute atomic E-state index is 0.0658. The van der Waals surface area contributed by atoms with Gasteiger partial charge in [0.25, 0.3) is 5.56 Å². The minimum Gasteiger partial charge on any atom is -0.493 e. The van der Waals surface area contributed by atoms with Crippen LogP contribution in [0.4, 0.5) is 0 Å². The van der Waals surface area contributed by atoms with Crippen LogP contribution in [0.5, 0.6) is 5.75 Å². The van der Waals surface area contributed by atoms with Gasteiger partial charge in [0.1, 0.15) is 11.5 Å². The highest BCUT2D eigenvalue weighted by Crippen LogP contribution is 2.38. The van der Waals surface area contributed by atoms with Gasteiger partial charge in [0.05, 0.1) is 35.6 Å². The van der Waals surface area contributed by atoms with Crippen LogP contribution in [-0.2, 0) is 6.54 Å². The van der Waals surface area contributed by atoms with E-state index in [1.165, 1.54) is 12.8 Å². The molecule has 3 aromatic heterocycles. The van der Waals surface area contributed by atoms with Crippen molar-refractivity contribution >= 4 is 10.9 Å². The zero-order valence-electron chi connectivity index (χ0n) is 19.7. The van der Waals surface area contributed by atoms with Crippen LogP contribution in [0.25, 0.3) is 22.0 Å². The summed E-state index contributed by atoms with van der Waals surface area (Å²) in [5.41, 5.74) is 4.30. The summed E-state index contributed by atoms with van der Waals surface area (Å²) in [7, 11) is 0. The molecule has 1 aromatic carbocycles. The van der Waals surface area contributed by atoms with Crippen molar-refractivity contribution in [2.24, 2.45) is 5.92 Å². The summed E-state index contributed by atoms with van der Waals surface area (Å²) in [5.74, 6) is 2.17. The molecular formula is C27H30N4O3. The van der Waals surface area contributed by atoms with Gasteiger partial charge in [0, 0.05) is 23.9 Å². The molecule has 1 aliphatic rings. The molecule has 34 heavy (non-hydrogen) atoms. The first kappa shape index (κ1) is 22.3. The Balaban J connectivity index is 1.56. The second kappa shape index (κ2) is 9.81.